The summed E-state index contributed by atoms with van der Waals surface area (Å²) in [4.78, 5) is 22.4. The van der Waals surface area contributed by atoms with Crippen LogP contribution in [0.25, 0.3) is 0 Å². The first-order chi connectivity index (χ1) is 15.7. The molecule has 1 saturated carbocycles. The standard InChI is InChI=1S/C26H29N5O/c27-19-22-24(32)28-25(29-26(22)13-7-8-14-26)31-17-15-30(16-18-31)23(20-9-3-1-4-10-20)21-11-5-2-6-12-21/h1-6,9-12,22-23H,7-8,13-18H2,(H,28,29,32). The third kappa shape index (κ3) is 3.78. The number of nitriles is 1. The third-order valence-corrected chi connectivity index (χ3v) is 7.17. The van der Waals surface area contributed by atoms with Gasteiger partial charge in [0.2, 0.25) is 11.9 Å². The normalized spacial score (nSPS) is 23.1. The van der Waals surface area contributed by atoms with Gasteiger partial charge in [0, 0.05) is 26.2 Å². The highest BCUT2D eigenvalue weighted by Crippen LogP contribution is 2.41. The molecule has 2 aliphatic heterocycles. The van der Waals surface area contributed by atoms with Gasteiger partial charge < -0.3 is 4.90 Å². The van der Waals surface area contributed by atoms with Gasteiger partial charge in [0.15, 0.2) is 5.92 Å². The number of benzene rings is 2. The molecule has 164 valence electrons. The molecule has 1 spiro atoms. The number of carbonyl (C=O) groups is 1. The molecule has 0 bridgehead atoms. The Morgan fingerprint density at radius 1 is 0.938 bits per heavy atom. The van der Waals surface area contributed by atoms with Crippen LogP contribution in [0.2, 0.25) is 0 Å². The van der Waals surface area contributed by atoms with E-state index in [4.69, 9.17) is 4.99 Å². The van der Waals surface area contributed by atoms with Gasteiger partial charge in [-0.15, -0.1) is 0 Å². The second kappa shape index (κ2) is 8.76. The largest absolute Gasteiger partial charge is 0.340 e. The number of piperazine rings is 1. The van der Waals surface area contributed by atoms with Crippen molar-refractivity contribution < 1.29 is 4.79 Å². The van der Waals surface area contributed by atoms with E-state index in [1.807, 2.05) is 0 Å². The van der Waals surface area contributed by atoms with E-state index in [1.54, 1.807) is 0 Å². The molecule has 0 aromatic heterocycles. The van der Waals surface area contributed by atoms with Crippen LogP contribution in [0, 0.1) is 17.2 Å². The molecular formula is C26H29N5O. The van der Waals surface area contributed by atoms with E-state index in [2.05, 4.69) is 81.8 Å². The van der Waals surface area contributed by atoms with Gasteiger partial charge in [0.25, 0.3) is 0 Å². The highest BCUT2D eigenvalue weighted by atomic mass is 16.2. The summed E-state index contributed by atoms with van der Waals surface area (Å²) in [5.41, 5.74) is 2.05. The molecule has 2 fully saturated rings. The Kier molecular flexibility index (Phi) is 5.67. The molecule has 6 nitrogen and oxygen atoms in total. The number of nitrogens with one attached hydrogen (secondary N) is 1. The van der Waals surface area contributed by atoms with E-state index in [0.29, 0.717) is 5.96 Å². The first-order valence-corrected chi connectivity index (χ1v) is 11.6. The predicted molar refractivity (Wildman–Crippen MR) is 124 cm³/mol. The van der Waals surface area contributed by atoms with Gasteiger partial charge in [-0.1, -0.05) is 73.5 Å². The van der Waals surface area contributed by atoms with Gasteiger partial charge in [-0.25, -0.2) is 4.99 Å². The molecule has 5 rings (SSSR count). The van der Waals surface area contributed by atoms with Crippen LogP contribution < -0.4 is 5.32 Å². The minimum Gasteiger partial charge on any atom is -0.340 e. The average molecular weight is 428 g/mol. The molecule has 2 aromatic carbocycles. The first kappa shape index (κ1) is 20.7. The van der Waals surface area contributed by atoms with Crippen LogP contribution in [-0.2, 0) is 4.79 Å². The van der Waals surface area contributed by atoms with Crippen molar-refractivity contribution in [1.82, 2.24) is 15.1 Å². The minimum absolute atomic E-state index is 0.187. The smallest absolute Gasteiger partial charge is 0.246 e. The van der Waals surface area contributed by atoms with E-state index < -0.39 is 11.5 Å². The van der Waals surface area contributed by atoms with E-state index in [0.717, 1.165) is 51.9 Å². The van der Waals surface area contributed by atoms with E-state index in [9.17, 15) is 10.1 Å². The Balaban J connectivity index is 1.36. The molecule has 3 aliphatic rings. The summed E-state index contributed by atoms with van der Waals surface area (Å²) < 4.78 is 0. The van der Waals surface area contributed by atoms with Crippen LogP contribution in [0.1, 0.15) is 42.9 Å². The Bertz CT molecular complexity index is 976. The fourth-order valence-corrected chi connectivity index (χ4v) is 5.52. The van der Waals surface area contributed by atoms with Crippen molar-refractivity contribution in [1.29, 1.82) is 5.26 Å². The minimum atomic E-state index is -0.671. The third-order valence-electron chi connectivity index (χ3n) is 7.17. The summed E-state index contributed by atoms with van der Waals surface area (Å²) in [6.07, 6.45) is 3.72. The van der Waals surface area contributed by atoms with Crippen LogP contribution >= 0.6 is 0 Å². The van der Waals surface area contributed by atoms with Crippen molar-refractivity contribution in [2.45, 2.75) is 37.3 Å². The lowest BCUT2D eigenvalue weighted by atomic mass is 9.82. The van der Waals surface area contributed by atoms with Crippen LogP contribution in [0.5, 0.6) is 0 Å². The van der Waals surface area contributed by atoms with Crippen molar-refractivity contribution in [3.63, 3.8) is 0 Å². The van der Waals surface area contributed by atoms with Crippen molar-refractivity contribution in [3.8, 4) is 6.07 Å². The first-order valence-electron chi connectivity index (χ1n) is 11.6. The number of nitrogens with zero attached hydrogens (tertiary/aromatic N) is 4. The van der Waals surface area contributed by atoms with Gasteiger partial charge in [-0.2, -0.15) is 5.26 Å². The summed E-state index contributed by atoms with van der Waals surface area (Å²) >= 11 is 0. The molecular weight excluding hydrogens is 398 g/mol. The van der Waals surface area contributed by atoms with Gasteiger partial charge in [-0.05, 0) is 24.0 Å². The predicted octanol–water partition coefficient (Wildman–Crippen LogP) is 3.33. The molecule has 0 radical (unpaired) electrons. The molecule has 1 amide bonds. The van der Waals surface area contributed by atoms with E-state index in [-0.39, 0.29) is 11.9 Å². The quantitative estimate of drug-likeness (QED) is 0.816. The fraction of sp³-hybridized carbons (Fsp3) is 0.423. The number of aliphatic imine (C=N–C) groups is 1. The zero-order valence-corrected chi connectivity index (χ0v) is 18.3. The Morgan fingerprint density at radius 2 is 1.50 bits per heavy atom. The van der Waals surface area contributed by atoms with Crippen LogP contribution in [0.15, 0.2) is 65.7 Å². The second-order valence-corrected chi connectivity index (χ2v) is 9.04. The molecule has 6 heteroatoms. The topological polar surface area (TPSA) is 71.7 Å². The number of carbonyl (C=O) groups excluding carboxylic acids is 1. The highest BCUT2D eigenvalue weighted by molar-refractivity contribution is 6.02. The van der Waals surface area contributed by atoms with Gasteiger partial charge in [-0.3, -0.25) is 15.0 Å². The van der Waals surface area contributed by atoms with E-state index >= 15 is 0 Å². The Morgan fingerprint density at radius 3 is 2.03 bits per heavy atom. The molecule has 1 unspecified atom stereocenters. The zero-order chi connectivity index (χ0) is 22.0. The van der Waals surface area contributed by atoms with Crippen molar-refractivity contribution >= 4 is 11.9 Å². The van der Waals surface area contributed by atoms with Crippen LogP contribution in [0.4, 0.5) is 0 Å². The Labute approximate surface area is 189 Å². The molecule has 1 N–H and O–H groups in total. The maximum atomic E-state index is 12.7. The van der Waals surface area contributed by atoms with Crippen molar-refractivity contribution in [2.24, 2.45) is 10.9 Å². The molecule has 1 aliphatic carbocycles. The summed E-state index contributed by atoms with van der Waals surface area (Å²) in [6.45, 7) is 3.33. The second-order valence-electron chi connectivity index (χ2n) is 9.04. The number of amides is 1. The summed E-state index contributed by atoms with van der Waals surface area (Å²) in [5, 5.41) is 12.5. The van der Waals surface area contributed by atoms with Crippen LogP contribution in [-0.4, -0.2) is 53.4 Å². The zero-order valence-electron chi connectivity index (χ0n) is 18.3. The number of rotatable bonds is 3. The maximum Gasteiger partial charge on any atom is 0.246 e. The molecule has 1 saturated heterocycles. The monoisotopic (exact) mass is 427 g/mol. The molecule has 2 aromatic rings. The van der Waals surface area contributed by atoms with Gasteiger partial charge in [0.05, 0.1) is 17.6 Å². The molecule has 2 heterocycles. The summed E-state index contributed by atoms with van der Waals surface area (Å²) in [5.74, 6) is -0.192. The highest BCUT2D eigenvalue weighted by Gasteiger charge is 2.49. The molecule has 32 heavy (non-hydrogen) atoms. The lowest BCUT2D eigenvalue weighted by Gasteiger charge is -2.43. The number of guanidine groups is 1. The van der Waals surface area contributed by atoms with Gasteiger partial charge in [0.1, 0.15) is 0 Å². The SMILES string of the molecule is N#CC1C(=O)NC(N2CCN(C(c3ccccc3)c3ccccc3)CC2)=NC12CCCC2. The Hall–Kier alpha value is -3.17. The van der Waals surface area contributed by atoms with E-state index in [1.165, 1.54) is 11.1 Å². The van der Waals surface area contributed by atoms with Crippen molar-refractivity contribution in [2.75, 3.05) is 26.2 Å². The lowest BCUT2D eigenvalue weighted by Crippen LogP contribution is -2.60. The molecule has 1 atom stereocenters. The average Bonchev–Trinajstić information content (AvgIpc) is 3.29. The van der Waals surface area contributed by atoms with Gasteiger partial charge >= 0.3 is 0 Å². The fourth-order valence-electron chi connectivity index (χ4n) is 5.52. The number of hydrogen-bond donors (Lipinski definition) is 1. The maximum absolute atomic E-state index is 12.7. The van der Waals surface area contributed by atoms with Crippen molar-refractivity contribution in [3.05, 3.63) is 71.8 Å². The summed E-state index contributed by atoms with van der Waals surface area (Å²) in [7, 11) is 0. The van der Waals surface area contributed by atoms with Crippen LogP contribution in [0.3, 0.4) is 0 Å². The lowest BCUT2D eigenvalue weighted by molar-refractivity contribution is -0.124. The summed E-state index contributed by atoms with van der Waals surface area (Å²) in [6, 6.07) is 23.7. The number of hydrogen-bond acceptors (Lipinski definition) is 5.